The van der Waals surface area contributed by atoms with Gasteiger partial charge in [0.05, 0.1) is 6.61 Å². The Morgan fingerprint density at radius 1 is 0.610 bits per heavy atom. The molecule has 1 unspecified atom stereocenters. The maximum absolute atomic E-state index is 12.4. The van der Waals surface area contributed by atoms with Crippen LogP contribution in [-0.2, 0) is 9.53 Å². The third-order valence-corrected chi connectivity index (χ3v) is 7.80. The van der Waals surface area contributed by atoms with E-state index in [1.54, 1.807) is 0 Å². The normalized spacial score (nSPS) is 11.8. The van der Waals surface area contributed by atoms with Crippen molar-refractivity contribution in [2.45, 2.75) is 117 Å². The Bertz CT molecular complexity index is 1120. The fraction of sp³-hybridized carbons (Fsp3) is 0.500. The smallest absolute Gasteiger partial charge is 0.306 e. The largest absolute Gasteiger partial charge is 0.494 e. The monoisotopic (exact) mass is 556 g/mol. The summed E-state index contributed by atoms with van der Waals surface area (Å²) >= 11 is 0. The first-order valence-corrected chi connectivity index (χ1v) is 16.2. The van der Waals surface area contributed by atoms with Crippen molar-refractivity contribution in [1.82, 2.24) is 0 Å². The van der Waals surface area contributed by atoms with E-state index in [2.05, 4.69) is 74.5 Å². The predicted molar refractivity (Wildman–Crippen MR) is 173 cm³/mol. The van der Waals surface area contributed by atoms with Gasteiger partial charge in [0.25, 0.3) is 0 Å². The molecule has 0 aliphatic rings. The van der Waals surface area contributed by atoms with Crippen LogP contribution < -0.4 is 4.74 Å². The van der Waals surface area contributed by atoms with E-state index in [1.807, 2.05) is 19.1 Å². The van der Waals surface area contributed by atoms with E-state index in [0.717, 1.165) is 48.3 Å². The standard InChI is InChI=1S/C38H52O3/c1-4-6-7-8-9-10-11-12-13-14-15-16-21-38(39)41-31(3)32-22-24-33(25-23-32)36-19-17-18-20-37(36)34-26-28-35(29-27-34)40-30-5-2/h17-20,22-29,31H,4-16,21,30H2,1-3H3. The lowest BCUT2D eigenvalue weighted by molar-refractivity contribution is -0.148. The van der Waals surface area contributed by atoms with E-state index in [9.17, 15) is 4.79 Å². The quantitative estimate of drug-likeness (QED) is 0.103. The molecule has 3 heteroatoms. The maximum atomic E-state index is 12.4. The van der Waals surface area contributed by atoms with E-state index in [-0.39, 0.29) is 12.1 Å². The molecule has 0 bridgehead atoms. The summed E-state index contributed by atoms with van der Waals surface area (Å²) in [6.07, 6.45) is 16.8. The average molecular weight is 557 g/mol. The molecule has 0 aliphatic carbocycles. The second kappa shape index (κ2) is 19.1. The second-order valence-electron chi connectivity index (χ2n) is 11.3. The molecule has 222 valence electrons. The van der Waals surface area contributed by atoms with Crippen LogP contribution in [0.25, 0.3) is 22.3 Å². The molecule has 0 spiro atoms. The zero-order valence-electron chi connectivity index (χ0n) is 25.8. The summed E-state index contributed by atoms with van der Waals surface area (Å²) < 4.78 is 11.5. The summed E-state index contributed by atoms with van der Waals surface area (Å²) in [6, 6.07) is 25.2. The summed E-state index contributed by atoms with van der Waals surface area (Å²) in [5, 5.41) is 0. The highest BCUT2D eigenvalue weighted by Crippen LogP contribution is 2.33. The summed E-state index contributed by atoms with van der Waals surface area (Å²) in [5.41, 5.74) is 5.69. The molecule has 1 atom stereocenters. The topological polar surface area (TPSA) is 35.5 Å². The van der Waals surface area contributed by atoms with E-state index in [4.69, 9.17) is 9.47 Å². The maximum Gasteiger partial charge on any atom is 0.306 e. The van der Waals surface area contributed by atoms with E-state index in [1.165, 1.54) is 75.3 Å². The highest BCUT2D eigenvalue weighted by Gasteiger charge is 2.13. The van der Waals surface area contributed by atoms with Crippen molar-refractivity contribution in [3.8, 4) is 28.0 Å². The van der Waals surface area contributed by atoms with E-state index < -0.39 is 0 Å². The van der Waals surface area contributed by atoms with Gasteiger partial charge in [0.15, 0.2) is 0 Å². The number of benzene rings is 3. The third-order valence-electron chi connectivity index (χ3n) is 7.80. The van der Waals surface area contributed by atoms with Gasteiger partial charge in [-0.25, -0.2) is 0 Å². The highest BCUT2D eigenvalue weighted by molar-refractivity contribution is 5.83. The number of carbonyl (C=O) groups is 1. The van der Waals surface area contributed by atoms with Crippen LogP contribution in [0.15, 0.2) is 72.8 Å². The van der Waals surface area contributed by atoms with Crippen molar-refractivity contribution >= 4 is 5.97 Å². The van der Waals surface area contributed by atoms with Gasteiger partial charge in [0.1, 0.15) is 11.9 Å². The number of esters is 1. The van der Waals surface area contributed by atoms with Gasteiger partial charge in [-0.05, 0) is 59.7 Å². The number of unbranched alkanes of at least 4 members (excludes halogenated alkanes) is 11. The van der Waals surface area contributed by atoms with Crippen LogP contribution in [-0.4, -0.2) is 12.6 Å². The molecule has 0 heterocycles. The van der Waals surface area contributed by atoms with Gasteiger partial charge in [-0.1, -0.05) is 145 Å². The van der Waals surface area contributed by atoms with Crippen molar-refractivity contribution in [2.75, 3.05) is 6.61 Å². The molecule has 3 aromatic carbocycles. The Hall–Kier alpha value is -3.07. The molecule has 0 amide bonds. The van der Waals surface area contributed by atoms with Crippen molar-refractivity contribution in [3.05, 3.63) is 78.4 Å². The number of ether oxygens (including phenoxy) is 2. The Kier molecular flexibility index (Phi) is 15.1. The van der Waals surface area contributed by atoms with Crippen LogP contribution in [0.2, 0.25) is 0 Å². The number of carbonyl (C=O) groups excluding carboxylic acids is 1. The van der Waals surface area contributed by atoms with Gasteiger partial charge in [-0.2, -0.15) is 0 Å². The minimum Gasteiger partial charge on any atom is -0.494 e. The highest BCUT2D eigenvalue weighted by atomic mass is 16.5. The summed E-state index contributed by atoms with van der Waals surface area (Å²) in [6.45, 7) is 7.08. The fourth-order valence-corrected chi connectivity index (χ4v) is 5.31. The molecular weight excluding hydrogens is 504 g/mol. The molecule has 0 fully saturated rings. The molecule has 0 aromatic heterocycles. The minimum atomic E-state index is -0.250. The first kappa shape index (κ1) is 32.4. The fourth-order valence-electron chi connectivity index (χ4n) is 5.31. The van der Waals surface area contributed by atoms with Gasteiger partial charge in [-0.15, -0.1) is 0 Å². The summed E-state index contributed by atoms with van der Waals surface area (Å²) in [7, 11) is 0. The van der Waals surface area contributed by atoms with Gasteiger partial charge in [-0.3, -0.25) is 4.79 Å². The average Bonchev–Trinajstić information content (AvgIpc) is 3.01. The summed E-state index contributed by atoms with van der Waals surface area (Å²) in [5.74, 6) is 0.810. The third kappa shape index (κ3) is 11.7. The van der Waals surface area contributed by atoms with Crippen LogP contribution >= 0.6 is 0 Å². The molecule has 3 aromatic rings. The Morgan fingerprint density at radius 3 is 1.61 bits per heavy atom. The minimum absolute atomic E-state index is 0.0923. The Balaban J connectivity index is 1.40. The molecule has 0 radical (unpaired) electrons. The molecule has 0 N–H and O–H groups in total. The lowest BCUT2D eigenvalue weighted by Gasteiger charge is -2.15. The molecule has 3 nitrogen and oxygen atoms in total. The van der Waals surface area contributed by atoms with Gasteiger partial charge < -0.3 is 9.47 Å². The van der Waals surface area contributed by atoms with Crippen molar-refractivity contribution in [1.29, 1.82) is 0 Å². The van der Waals surface area contributed by atoms with Crippen molar-refractivity contribution < 1.29 is 14.3 Å². The summed E-state index contributed by atoms with van der Waals surface area (Å²) in [4.78, 5) is 12.4. The first-order valence-electron chi connectivity index (χ1n) is 16.2. The van der Waals surface area contributed by atoms with Crippen LogP contribution in [0.1, 0.15) is 122 Å². The van der Waals surface area contributed by atoms with Crippen LogP contribution in [0.5, 0.6) is 5.75 Å². The van der Waals surface area contributed by atoms with Gasteiger partial charge in [0, 0.05) is 6.42 Å². The molecule has 3 rings (SSSR count). The Labute approximate surface area is 249 Å². The van der Waals surface area contributed by atoms with Gasteiger partial charge in [0.2, 0.25) is 0 Å². The lowest BCUT2D eigenvalue weighted by Crippen LogP contribution is -2.08. The van der Waals surface area contributed by atoms with Crippen LogP contribution in [0.3, 0.4) is 0 Å². The lowest BCUT2D eigenvalue weighted by atomic mass is 9.94. The van der Waals surface area contributed by atoms with Crippen molar-refractivity contribution in [3.63, 3.8) is 0 Å². The Morgan fingerprint density at radius 2 is 1.10 bits per heavy atom. The zero-order valence-corrected chi connectivity index (χ0v) is 25.8. The second-order valence-corrected chi connectivity index (χ2v) is 11.3. The molecule has 0 aliphatic heterocycles. The van der Waals surface area contributed by atoms with E-state index in [0.29, 0.717) is 6.42 Å². The first-order chi connectivity index (χ1) is 20.1. The van der Waals surface area contributed by atoms with Crippen LogP contribution in [0, 0.1) is 0 Å². The SMILES string of the molecule is CCCCCCCCCCCCCCC(=O)OC(C)c1ccc(-c2ccccc2-c2ccc(OCCC)cc2)cc1. The number of rotatable bonds is 20. The molecule has 0 saturated carbocycles. The van der Waals surface area contributed by atoms with Gasteiger partial charge >= 0.3 is 5.97 Å². The predicted octanol–water partition coefficient (Wildman–Crippen LogP) is 11.5. The molecular formula is C38H52O3. The molecule has 41 heavy (non-hydrogen) atoms. The molecule has 0 saturated heterocycles. The number of hydrogen-bond acceptors (Lipinski definition) is 3. The van der Waals surface area contributed by atoms with Crippen LogP contribution in [0.4, 0.5) is 0 Å². The zero-order chi connectivity index (χ0) is 29.1. The van der Waals surface area contributed by atoms with Crippen molar-refractivity contribution in [2.24, 2.45) is 0 Å². The number of hydrogen-bond donors (Lipinski definition) is 0. The van der Waals surface area contributed by atoms with E-state index >= 15 is 0 Å².